The summed E-state index contributed by atoms with van der Waals surface area (Å²) in [4.78, 5) is 24.3. The van der Waals surface area contributed by atoms with Gasteiger partial charge in [0.25, 0.3) is 0 Å². The molecule has 0 aliphatic carbocycles. The summed E-state index contributed by atoms with van der Waals surface area (Å²) in [5.74, 6) is 0.755. The molecule has 0 bridgehead atoms. The van der Waals surface area contributed by atoms with E-state index in [1.165, 1.54) is 0 Å². The predicted molar refractivity (Wildman–Crippen MR) is 93.1 cm³/mol. The van der Waals surface area contributed by atoms with Crippen LogP contribution in [0, 0.1) is 5.92 Å². The van der Waals surface area contributed by atoms with Crippen LogP contribution in [0.4, 0.5) is 5.95 Å². The van der Waals surface area contributed by atoms with E-state index in [2.05, 4.69) is 34.1 Å². The van der Waals surface area contributed by atoms with Crippen LogP contribution in [0.15, 0.2) is 36.8 Å². The summed E-state index contributed by atoms with van der Waals surface area (Å²) in [6.45, 7) is 5.18. The fourth-order valence-corrected chi connectivity index (χ4v) is 2.34. The van der Waals surface area contributed by atoms with Crippen molar-refractivity contribution in [2.75, 3.05) is 11.9 Å². The zero-order chi connectivity index (χ0) is 17.1. The highest BCUT2D eigenvalue weighted by atomic mass is 16.1. The average molecular weight is 324 g/mol. The van der Waals surface area contributed by atoms with Crippen molar-refractivity contribution >= 4 is 23.0 Å². The van der Waals surface area contributed by atoms with Gasteiger partial charge in [0.2, 0.25) is 11.9 Å². The molecule has 3 rings (SSSR count). The molecule has 0 aliphatic rings. The van der Waals surface area contributed by atoms with Crippen LogP contribution in [0.1, 0.15) is 30.6 Å². The maximum Gasteiger partial charge on any atom is 0.248 e. The SMILES string of the molecule is CC(C)CCNc1ncc2ncn(-c3ccc(C(N)=O)cc3)c2n1. The van der Waals surface area contributed by atoms with E-state index >= 15 is 0 Å². The first-order valence-electron chi connectivity index (χ1n) is 7.89. The zero-order valence-corrected chi connectivity index (χ0v) is 13.7. The molecule has 124 valence electrons. The number of carbonyl (C=O) groups is 1. The van der Waals surface area contributed by atoms with Crippen molar-refractivity contribution in [2.24, 2.45) is 11.7 Å². The van der Waals surface area contributed by atoms with Crippen LogP contribution < -0.4 is 11.1 Å². The van der Waals surface area contributed by atoms with Crippen LogP contribution >= 0.6 is 0 Å². The molecule has 0 spiro atoms. The number of nitrogens with zero attached hydrogens (tertiary/aromatic N) is 4. The van der Waals surface area contributed by atoms with Gasteiger partial charge in [-0.3, -0.25) is 9.36 Å². The Labute approximate surface area is 139 Å². The molecule has 0 saturated heterocycles. The number of nitrogens with two attached hydrogens (primary N) is 1. The fraction of sp³-hybridized carbons (Fsp3) is 0.294. The van der Waals surface area contributed by atoms with Crippen molar-refractivity contribution in [2.45, 2.75) is 20.3 Å². The van der Waals surface area contributed by atoms with E-state index < -0.39 is 5.91 Å². The van der Waals surface area contributed by atoms with Gasteiger partial charge >= 0.3 is 0 Å². The van der Waals surface area contributed by atoms with E-state index in [0.717, 1.165) is 18.7 Å². The summed E-state index contributed by atoms with van der Waals surface area (Å²) in [7, 11) is 0. The number of nitrogens with one attached hydrogen (secondary N) is 1. The highest BCUT2D eigenvalue weighted by Crippen LogP contribution is 2.17. The molecule has 1 amide bonds. The van der Waals surface area contributed by atoms with E-state index in [1.54, 1.807) is 24.7 Å². The molecule has 1 aromatic carbocycles. The fourth-order valence-electron chi connectivity index (χ4n) is 2.34. The highest BCUT2D eigenvalue weighted by Gasteiger charge is 2.09. The number of hydrogen-bond donors (Lipinski definition) is 2. The summed E-state index contributed by atoms with van der Waals surface area (Å²) in [6, 6.07) is 7.00. The van der Waals surface area contributed by atoms with Crippen LogP contribution in [0.2, 0.25) is 0 Å². The van der Waals surface area contributed by atoms with Crippen molar-refractivity contribution in [3.8, 4) is 5.69 Å². The van der Waals surface area contributed by atoms with E-state index in [0.29, 0.717) is 28.6 Å². The Balaban J connectivity index is 1.89. The van der Waals surface area contributed by atoms with Gasteiger partial charge in [-0.25, -0.2) is 9.97 Å². The number of fused-ring (bicyclic) bond motifs is 1. The third kappa shape index (κ3) is 3.34. The standard InChI is InChI=1S/C17H20N6O/c1-11(2)7-8-19-17-20-9-14-16(22-17)23(10-21-14)13-5-3-12(4-6-13)15(18)24/h3-6,9-11H,7-8H2,1-2H3,(H2,18,24)(H,19,20,22). The average Bonchev–Trinajstić information content (AvgIpc) is 2.98. The van der Waals surface area contributed by atoms with Crippen LogP contribution in [-0.2, 0) is 0 Å². The van der Waals surface area contributed by atoms with Gasteiger partial charge in [0.05, 0.1) is 6.20 Å². The van der Waals surface area contributed by atoms with E-state index in [4.69, 9.17) is 5.73 Å². The summed E-state index contributed by atoms with van der Waals surface area (Å²) in [5, 5.41) is 3.24. The molecule has 2 aromatic heterocycles. The zero-order valence-electron chi connectivity index (χ0n) is 13.7. The highest BCUT2D eigenvalue weighted by molar-refractivity contribution is 5.93. The van der Waals surface area contributed by atoms with Crippen LogP contribution in [-0.4, -0.2) is 32.0 Å². The van der Waals surface area contributed by atoms with Crippen molar-refractivity contribution in [1.29, 1.82) is 0 Å². The second kappa shape index (κ2) is 6.66. The molecule has 0 atom stereocenters. The number of benzene rings is 1. The molecule has 0 saturated carbocycles. The van der Waals surface area contributed by atoms with Crippen molar-refractivity contribution in [3.05, 3.63) is 42.4 Å². The minimum absolute atomic E-state index is 0.448. The Morgan fingerprint density at radius 1 is 1.25 bits per heavy atom. The smallest absolute Gasteiger partial charge is 0.248 e. The molecule has 0 unspecified atom stereocenters. The lowest BCUT2D eigenvalue weighted by Crippen LogP contribution is -2.10. The van der Waals surface area contributed by atoms with Gasteiger partial charge in [-0.1, -0.05) is 13.8 Å². The second-order valence-corrected chi connectivity index (χ2v) is 6.04. The molecule has 7 nitrogen and oxygen atoms in total. The maximum absolute atomic E-state index is 11.2. The number of amides is 1. The van der Waals surface area contributed by atoms with Gasteiger partial charge in [-0.05, 0) is 36.6 Å². The van der Waals surface area contributed by atoms with Crippen molar-refractivity contribution in [3.63, 3.8) is 0 Å². The van der Waals surface area contributed by atoms with Crippen LogP contribution in [0.25, 0.3) is 16.9 Å². The first-order chi connectivity index (χ1) is 11.5. The molecular weight excluding hydrogens is 304 g/mol. The van der Waals surface area contributed by atoms with Gasteiger partial charge < -0.3 is 11.1 Å². The molecule has 0 fully saturated rings. The maximum atomic E-state index is 11.2. The molecular formula is C17H20N6O. The molecule has 2 heterocycles. The third-order valence-electron chi connectivity index (χ3n) is 3.73. The third-order valence-corrected chi connectivity index (χ3v) is 3.73. The van der Waals surface area contributed by atoms with Gasteiger partial charge in [0.15, 0.2) is 5.65 Å². The predicted octanol–water partition coefficient (Wildman–Crippen LogP) is 2.37. The van der Waals surface area contributed by atoms with Gasteiger partial charge in [-0.15, -0.1) is 0 Å². The Bertz CT molecular complexity index is 853. The molecule has 0 radical (unpaired) electrons. The van der Waals surface area contributed by atoms with Crippen molar-refractivity contribution in [1.82, 2.24) is 19.5 Å². The van der Waals surface area contributed by atoms with E-state index in [9.17, 15) is 4.79 Å². The minimum Gasteiger partial charge on any atom is -0.366 e. The Kier molecular flexibility index (Phi) is 4.41. The number of imidazole rings is 1. The van der Waals surface area contributed by atoms with Crippen LogP contribution in [0.5, 0.6) is 0 Å². The minimum atomic E-state index is -0.448. The summed E-state index contributed by atoms with van der Waals surface area (Å²) < 4.78 is 1.86. The largest absolute Gasteiger partial charge is 0.366 e. The summed E-state index contributed by atoms with van der Waals surface area (Å²) in [6.07, 6.45) is 4.44. The normalized spacial score (nSPS) is 11.1. The lowest BCUT2D eigenvalue weighted by atomic mass is 10.1. The molecule has 0 aliphatic heterocycles. The molecule has 7 heteroatoms. The Morgan fingerprint density at radius 2 is 2.00 bits per heavy atom. The number of primary amides is 1. The number of anilines is 1. The molecule has 3 aromatic rings. The number of rotatable bonds is 6. The lowest BCUT2D eigenvalue weighted by molar-refractivity contribution is 0.100. The lowest BCUT2D eigenvalue weighted by Gasteiger charge is -2.08. The van der Waals surface area contributed by atoms with Crippen LogP contribution in [0.3, 0.4) is 0 Å². The Hall–Kier alpha value is -2.96. The van der Waals surface area contributed by atoms with E-state index in [1.807, 2.05) is 16.7 Å². The molecule has 3 N–H and O–H groups in total. The van der Waals surface area contributed by atoms with Gasteiger partial charge in [0.1, 0.15) is 11.8 Å². The topological polar surface area (TPSA) is 98.7 Å². The second-order valence-electron chi connectivity index (χ2n) is 6.04. The monoisotopic (exact) mass is 324 g/mol. The quantitative estimate of drug-likeness (QED) is 0.725. The first-order valence-corrected chi connectivity index (χ1v) is 7.89. The Morgan fingerprint density at radius 3 is 2.67 bits per heavy atom. The molecule has 24 heavy (non-hydrogen) atoms. The van der Waals surface area contributed by atoms with Gasteiger partial charge in [-0.2, -0.15) is 4.98 Å². The van der Waals surface area contributed by atoms with Gasteiger partial charge in [0, 0.05) is 17.8 Å². The van der Waals surface area contributed by atoms with Crippen molar-refractivity contribution < 1.29 is 4.79 Å². The summed E-state index contributed by atoms with van der Waals surface area (Å²) >= 11 is 0. The first kappa shape index (κ1) is 15.9. The number of hydrogen-bond acceptors (Lipinski definition) is 5. The number of aromatic nitrogens is 4. The number of carbonyl (C=O) groups excluding carboxylic acids is 1. The summed E-state index contributed by atoms with van der Waals surface area (Å²) in [5.41, 5.74) is 8.02. The van der Waals surface area contributed by atoms with E-state index in [-0.39, 0.29) is 0 Å².